The first-order valence-corrected chi connectivity index (χ1v) is 8.00. The Kier molecular flexibility index (Phi) is 5.54. The number of ether oxygens (including phenoxy) is 1. The third-order valence-corrected chi connectivity index (χ3v) is 4.32. The van der Waals surface area contributed by atoms with Crippen molar-refractivity contribution in [3.05, 3.63) is 45.2 Å². The lowest BCUT2D eigenvalue weighted by molar-refractivity contribution is 0.412. The second-order valence-electron chi connectivity index (χ2n) is 4.63. The van der Waals surface area contributed by atoms with Gasteiger partial charge in [-0.2, -0.15) is 0 Å². The van der Waals surface area contributed by atoms with Crippen LogP contribution in [0.25, 0.3) is 0 Å². The molecule has 1 atom stereocenters. The van der Waals surface area contributed by atoms with E-state index in [-0.39, 0.29) is 0 Å². The molecule has 1 aromatic heterocycles. The van der Waals surface area contributed by atoms with Crippen LogP contribution in [0.5, 0.6) is 5.75 Å². The number of hydrogen-bond donors (Lipinski definition) is 1. The molecule has 2 rings (SSSR count). The fraction of sp³-hybridized carbons (Fsp3) is 0.333. The minimum atomic E-state index is 0.335. The molecule has 1 N–H and O–H groups in total. The predicted molar refractivity (Wildman–Crippen MR) is 88.5 cm³/mol. The molecule has 3 nitrogen and oxygen atoms in total. The lowest BCUT2D eigenvalue weighted by atomic mass is 10.1. The van der Waals surface area contributed by atoms with Crippen LogP contribution < -0.4 is 10.1 Å². The molecule has 0 fully saturated rings. The summed E-state index contributed by atoms with van der Waals surface area (Å²) < 4.78 is 12.6. The van der Waals surface area contributed by atoms with E-state index in [1.165, 1.54) is 0 Å². The Labute approximate surface area is 136 Å². The van der Waals surface area contributed by atoms with Crippen molar-refractivity contribution in [2.24, 2.45) is 0 Å². The summed E-state index contributed by atoms with van der Waals surface area (Å²) in [6, 6.07) is 8.23. The molecule has 1 unspecified atom stereocenters. The van der Waals surface area contributed by atoms with Crippen LogP contribution in [-0.4, -0.2) is 13.2 Å². The quantitative estimate of drug-likeness (QED) is 0.716. The lowest BCUT2D eigenvalue weighted by Gasteiger charge is -2.17. The van der Waals surface area contributed by atoms with Gasteiger partial charge in [0.05, 0.1) is 23.5 Å². The van der Waals surface area contributed by atoms with Crippen LogP contribution in [0.3, 0.4) is 0 Å². The number of benzene rings is 1. The van der Waals surface area contributed by atoms with Crippen LogP contribution >= 0.6 is 31.9 Å². The van der Waals surface area contributed by atoms with E-state index in [0.717, 1.165) is 39.0 Å². The van der Waals surface area contributed by atoms with Gasteiger partial charge in [-0.3, -0.25) is 0 Å². The first-order chi connectivity index (χ1) is 9.60. The van der Waals surface area contributed by atoms with Crippen LogP contribution in [0.15, 0.2) is 43.9 Å². The zero-order valence-electron chi connectivity index (χ0n) is 11.5. The number of hydrogen-bond acceptors (Lipinski definition) is 3. The molecule has 2 aromatic rings. The number of anilines is 1. The second-order valence-corrected chi connectivity index (χ2v) is 6.34. The van der Waals surface area contributed by atoms with Crippen molar-refractivity contribution >= 4 is 37.5 Å². The summed E-state index contributed by atoms with van der Waals surface area (Å²) >= 11 is 7.03. The highest BCUT2D eigenvalue weighted by atomic mass is 79.9. The third-order valence-electron chi connectivity index (χ3n) is 3.05. The Balaban J connectivity index is 1.98. The summed E-state index contributed by atoms with van der Waals surface area (Å²) in [4.78, 5) is 0. The number of halogens is 2. The summed E-state index contributed by atoms with van der Waals surface area (Å²) in [7, 11) is 1.66. The maximum Gasteiger partial charge on any atom is 0.135 e. The van der Waals surface area contributed by atoms with E-state index >= 15 is 0 Å². The summed E-state index contributed by atoms with van der Waals surface area (Å²) in [5.74, 6) is 1.83. The van der Waals surface area contributed by atoms with E-state index in [1.807, 2.05) is 24.3 Å². The molecule has 5 heteroatoms. The van der Waals surface area contributed by atoms with Gasteiger partial charge in [0.1, 0.15) is 11.5 Å². The Bertz CT molecular complexity index is 555. The molecule has 20 heavy (non-hydrogen) atoms. The van der Waals surface area contributed by atoms with Crippen molar-refractivity contribution in [1.29, 1.82) is 0 Å². The number of rotatable bonds is 6. The minimum Gasteiger partial charge on any atom is -0.495 e. The van der Waals surface area contributed by atoms with Gasteiger partial charge in [0.25, 0.3) is 0 Å². The SMILES string of the molecule is COc1cc(NC(C)CCc2ccco2)c(Br)cc1Br. The molecular weight excluding hydrogens is 386 g/mol. The average molecular weight is 403 g/mol. The zero-order chi connectivity index (χ0) is 14.5. The highest BCUT2D eigenvalue weighted by Gasteiger charge is 2.10. The molecule has 0 bridgehead atoms. The van der Waals surface area contributed by atoms with Crippen molar-refractivity contribution < 1.29 is 9.15 Å². The predicted octanol–water partition coefficient (Wildman–Crippen LogP) is 5.25. The number of nitrogens with one attached hydrogen (secondary N) is 1. The molecule has 0 aliphatic rings. The smallest absolute Gasteiger partial charge is 0.135 e. The van der Waals surface area contributed by atoms with Gasteiger partial charge in [-0.15, -0.1) is 0 Å². The maximum absolute atomic E-state index is 5.35. The Morgan fingerprint density at radius 1 is 1.30 bits per heavy atom. The van der Waals surface area contributed by atoms with Gasteiger partial charge in [-0.1, -0.05) is 0 Å². The van der Waals surface area contributed by atoms with Crippen LogP contribution in [-0.2, 0) is 6.42 Å². The first-order valence-electron chi connectivity index (χ1n) is 6.42. The molecule has 0 saturated heterocycles. The number of methoxy groups -OCH3 is 1. The van der Waals surface area contributed by atoms with Crippen molar-refractivity contribution in [3.63, 3.8) is 0 Å². The van der Waals surface area contributed by atoms with Crippen LogP contribution in [0, 0.1) is 0 Å². The van der Waals surface area contributed by atoms with E-state index in [4.69, 9.17) is 9.15 Å². The van der Waals surface area contributed by atoms with Gasteiger partial charge in [0.15, 0.2) is 0 Å². The molecule has 108 valence electrons. The maximum atomic E-state index is 5.35. The fourth-order valence-electron chi connectivity index (χ4n) is 1.95. The van der Waals surface area contributed by atoms with Crippen LogP contribution in [0.4, 0.5) is 5.69 Å². The summed E-state index contributed by atoms with van der Waals surface area (Å²) in [5.41, 5.74) is 1.02. The summed E-state index contributed by atoms with van der Waals surface area (Å²) in [6.07, 6.45) is 3.63. The molecule has 0 amide bonds. The van der Waals surface area contributed by atoms with E-state index in [9.17, 15) is 0 Å². The minimum absolute atomic E-state index is 0.335. The van der Waals surface area contributed by atoms with Gasteiger partial charge in [0.2, 0.25) is 0 Å². The normalized spacial score (nSPS) is 12.2. The Hall–Kier alpha value is -0.940. The average Bonchev–Trinajstić information content (AvgIpc) is 2.93. The van der Waals surface area contributed by atoms with E-state index in [0.29, 0.717) is 6.04 Å². The van der Waals surface area contributed by atoms with E-state index < -0.39 is 0 Å². The molecule has 0 radical (unpaired) electrons. The van der Waals surface area contributed by atoms with Gasteiger partial charge in [0, 0.05) is 23.0 Å². The molecule has 0 aliphatic carbocycles. The second kappa shape index (κ2) is 7.18. The van der Waals surface area contributed by atoms with Gasteiger partial charge in [-0.25, -0.2) is 0 Å². The van der Waals surface area contributed by atoms with Crippen molar-refractivity contribution in [2.45, 2.75) is 25.8 Å². The highest BCUT2D eigenvalue weighted by Crippen LogP contribution is 2.35. The third kappa shape index (κ3) is 4.03. The first kappa shape index (κ1) is 15.4. The zero-order valence-corrected chi connectivity index (χ0v) is 14.6. The fourth-order valence-corrected chi connectivity index (χ4v) is 3.22. The summed E-state index contributed by atoms with van der Waals surface area (Å²) in [6.45, 7) is 2.16. The van der Waals surface area contributed by atoms with Crippen LogP contribution in [0.1, 0.15) is 19.1 Å². The standard InChI is InChI=1S/C15H17Br2NO2/c1-10(5-6-11-4-3-7-20-11)18-14-9-15(19-2)13(17)8-12(14)16/h3-4,7-10,18H,5-6H2,1-2H3. The van der Waals surface area contributed by atoms with Crippen molar-refractivity contribution in [2.75, 3.05) is 12.4 Å². The molecule has 0 spiro atoms. The van der Waals surface area contributed by atoms with Gasteiger partial charge < -0.3 is 14.5 Å². The Morgan fingerprint density at radius 3 is 2.75 bits per heavy atom. The molecule has 1 heterocycles. The molecule has 0 aliphatic heterocycles. The largest absolute Gasteiger partial charge is 0.495 e. The summed E-state index contributed by atoms with van der Waals surface area (Å²) in [5, 5.41) is 3.49. The van der Waals surface area contributed by atoms with E-state index in [1.54, 1.807) is 13.4 Å². The Morgan fingerprint density at radius 2 is 2.10 bits per heavy atom. The number of aryl methyl sites for hydroxylation is 1. The van der Waals surface area contributed by atoms with E-state index in [2.05, 4.69) is 44.1 Å². The molecule has 1 aromatic carbocycles. The van der Waals surface area contributed by atoms with Gasteiger partial charge in [-0.05, 0) is 63.4 Å². The van der Waals surface area contributed by atoms with Crippen molar-refractivity contribution in [3.8, 4) is 5.75 Å². The highest BCUT2D eigenvalue weighted by molar-refractivity contribution is 9.11. The topological polar surface area (TPSA) is 34.4 Å². The lowest BCUT2D eigenvalue weighted by Crippen LogP contribution is -2.16. The monoisotopic (exact) mass is 401 g/mol. The van der Waals surface area contributed by atoms with Gasteiger partial charge >= 0.3 is 0 Å². The van der Waals surface area contributed by atoms with Crippen molar-refractivity contribution in [1.82, 2.24) is 0 Å². The van der Waals surface area contributed by atoms with Crippen LogP contribution in [0.2, 0.25) is 0 Å². The molecular formula is C15H17Br2NO2. The number of furan rings is 1. The molecule has 0 saturated carbocycles.